The molecule has 2 aliphatic carbocycles. The molecule has 0 amide bonds. The van der Waals surface area contributed by atoms with Gasteiger partial charge in [0.1, 0.15) is 35.0 Å². The van der Waals surface area contributed by atoms with Gasteiger partial charge < -0.3 is 15.5 Å². The smallest absolute Gasteiger partial charge is 0.138 e. The van der Waals surface area contributed by atoms with Crippen molar-refractivity contribution in [1.29, 1.82) is 0 Å². The van der Waals surface area contributed by atoms with E-state index >= 15 is 0 Å². The molecule has 5 aliphatic rings. The summed E-state index contributed by atoms with van der Waals surface area (Å²) < 4.78 is 28.2. The molecule has 6 rings (SSSR count). The standard InChI is InChI=1S/C31H35ClF2N4OS/c1-18(33)14-20-4-8-24(20)28-27-16-22(35-11-10-19-2-6-23(39)7-3-19)17-38(27)30(31-36-12-13-40-31)37-29(28)25-9-5-21(34)15-26(25)32/h4-5,8-9,12-13,15,18-19,22,29,31,35-36H,2-3,6-7,10-11,14,16-17H2,1H3/t18?,22-,29-,31?/m0/s1. The fourth-order valence-electron chi connectivity index (χ4n) is 6.47. The van der Waals surface area contributed by atoms with Crippen molar-refractivity contribution in [2.45, 2.75) is 75.5 Å². The summed E-state index contributed by atoms with van der Waals surface area (Å²) in [5.41, 5.74) is 4.98. The lowest BCUT2D eigenvalue weighted by Gasteiger charge is -2.37. The predicted molar refractivity (Wildman–Crippen MR) is 158 cm³/mol. The highest BCUT2D eigenvalue weighted by Crippen LogP contribution is 2.48. The van der Waals surface area contributed by atoms with Crippen molar-refractivity contribution in [2.75, 3.05) is 13.1 Å². The number of thioether (sulfide) groups is 1. The minimum atomic E-state index is -0.953. The lowest BCUT2D eigenvalue weighted by Crippen LogP contribution is -2.44. The number of halogens is 3. The van der Waals surface area contributed by atoms with Crippen LogP contribution in [0.3, 0.4) is 0 Å². The van der Waals surface area contributed by atoms with Gasteiger partial charge in [0.2, 0.25) is 0 Å². The van der Waals surface area contributed by atoms with Crippen molar-refractivity contribution in [3.05, 3.63) is 80.8 Å². The van der Waals surface area contributed by atoms with Gasteiger partial charge in [0.15, 0.2) is 0 Å². The molecular weight excluding hydrogens is 550 g/mol. The number of aliphatic imine (C=N–C) groups is 1. The largest absolute Gasteiger partial charge is 0.372 e. The third kappa shape index (κ3) is 5.68. The maximum Gasteiger partial charge on any atom is 0.138 e. The molecule has 1 aromatic carbocycles. The molecule has 0 spiro atoms. The number of rotatable bonds is 9. The maximum absolute atomic E-state index is 14.1. The normalized spacial score (nSPS) is 27.2. The van der Waals surface area contributed by atoms with E-state index in [4.69, 9.17) is 16.6 Å². The van der Waals surface area contributed by atoms with Crippen LogP contribution in [0.15, 0.2) is 69.4 Å². The van der Waals surface area contributed by atoms with Crippen molar-refractivity contribution < 1.29 is 13.6 Å². The molecule has 1 aromatic rings. The zero-order chi connectivity index (χ0) is 27.8. The lowest BCUT2D eigenvalue weighted by molar-refractivity contribution is -0.121. The molecule has 2 fully saturated rings. The molecule has 2 unspecified atom stereocenters. The molecule has 1 saturated carbocycles. The van der Waals surface area contributed by atoms with E-state index < -0.39 is 12.2 Å². The first-order chi connectivity index (χ1) is 19.4. The van der Waals surface area contributed by atoms with Gasteiger partial charge in [-0.15, -0.1) is 0 Å². The Morgan fingerprint density at radius 3 is 2.77 bits per heavy atom. The number of hydrogen-bond donors (Lipinski definition) is 2. The van der Waals surface area contributed by atoms with E-state index in [1.807, 2.05) is 17.7 Å². The van der Waals surface area contributed by atoms with Gasteiger partial charge in [-0.2, -0.15) is 0 Å². The van der Waals surface area contributed by atoms with E-state index in [0.717, 1.165) is 66.9 Å². The highest BCUT2D eigenvalue weighted by atomic mass is 35.5. The molecule has 4 atom stereocenters. The highest BCUT2D eigenvalue weighted by Gasteiger charge is 2.42. The average Bonchev–Trinajstić information content (AvgIpc) is 3.59. The minimum absolute atomic E-state index is 0.0342. The first-order valence-corrected chi connectivity index (χ1v) is 15.6. The molecule has 0 radical (unpaired) electrons. The molecule has 212 valence electrons. The number of ketones is 1. The Balaban J connectivity index is 1.33. The van der Waals surface area contributed by atoms with Crippen LogP contribution < -0.4 is 10.6 Å². The van der Waals surface area contributed by atoms with E-state index in [-0.39, 0.29) is 17.2 Å². The summed E-state index contributed by atoms with van der Waals surface area (Å²) in [6, 6.07) is 4.32. The van der Waals surface area contributed by atoms with Crippen LogP contribution in [-0.4, -0.2) is 47.2 Å². The molecule has 3 heterocycles. The van der Waals surface area contributed by atoms with Gasteiger partial charge in [0, 0.05) is 60.8 Å². The topological polar surface area (TPSA) is 56.7 Å². The van der Waals surface area contributed by atoms with Gasteiger partial charge in [0.05, 0.1) is 0 Å². The summed E-state index contributed by atoms with van der Waals surface area (Å²) in [5, 5.41) is 9.55. The Morgan fingerprint density at radius 1 is 1.27 bits per heavy atom. The molecule has 0 bridgehead atoms. The molecular formula is C31H35ClF2N4OS. The fraction of sp³-hybridized carbons (Fsp3) is 0.484. The van der Waals surface area contributed by atoms with Gasteiger partial charge >= 0.3 is 0 Å². The molecule has 0 aromatic heterocycles. The van der Waals surface area contributed by atoms with Gasteiger partial charge in [0.25, 0.3) is 0 Å². The lowest BCUT2D eigenvalue weighted by atomic mass is 9.81. The van der Waals surface area contributed by atoms with Gasteiger partial charge in [-0.05, 0) is 72.9 Å². The Bertz CT molecular complexity index is 1320. The highest BCUT2D eigenvalue weighted by molar-refractivity contribution is 8.03. The quantitative estimate of drug-likeness (QED) is 0.336. The Kier molecular flexibility index (Phi) is 8.20. The zero-order valence-electron chi connectivity index (χ0n) is 22.6. The monoisotopic (exact) mass is 584 g/mol. The summed E-state index contributed by atoms with van der Waals surface area (Å²) in [7, 11) is 0. The van der Waals surface area contributed by atoms with E-state index in [2.05, 4.69) is 21.6 Å². The van der Waals surface area contributed by atoms with Crippen LogP contribution in [-0.2, 0) is 4.79 Å². The van der Waals surface area contributed by atoms with Crippen LogP contribution in [0.25, 0.3) is 0 Å². The number of amidine groups is 1. The third-order valence-corrected chi connectivity index (χ3v) is 9.79. The van der Waals surface area contributed by atoms with Crippen LogP contribution in [0.5, 0.6) is 0 Å². The predicted octanol–water partition coefficient (Wildman–Crippen LogP) is 6.75. The summed E-state index contributed by atoms with van der Waals surface area (Å²) in [6.45, 7) is 3.28. The van der Waals surface area contributed by atoms with Crippen molar-refractivity contribution in [2.24, 2.45) is 10.9 Å². The summed E-state index contributed by atoms with van der Waals surface area (Å²) in [5.74, 6) is 1.54. The Hall–Kier alpha value is -2.42. The first-order valence-electron chi connectivity index (χ1n) is 14.3. The number of carbonyl (C=O) groups excluding carboxylic acids is 1. The molecule has 9 heteroatoms. The van der Waals surface area contributed by atoms with E-state index in [0.29, 0.717) is 36.0 Å². The Morgan fingerprint density at radius 2 is 2.10 bits per heavy atom. The van der Waals surface area contributed by atoms with Gasteiger partial charge in [-0.1, -0.05) is 41.6 Å². The van der Waals surface area contributed by atoms with E-state index in [9.17, 15) is 13.6 Å². The number of Topliss-reactive ketones (excluding diaryl/α,β-unsaturated/α-hetero) is 1. The average molecular weight is 585 g/mol. The molecule has 3 aliphatic heterocycles. The Labute approximate surface area is 243 Å². The second kappa shape index (κ2) is 11.8. The number of carbonyl (C=O) groups is 1. The zero-order valence-corrected chi connectivity index (χ0v) is 24.2. The summed E-state index contributed by atoms with van der Waals surface area (Å²) in [4.78, 5) is 19.3. The number of benzene rings is 1. The van der Waals surface area contributed by atoms with Crippen molar-refractivity contribution in [3.8, 4) is 0 Å². The van der Waals surface area contributed by atoms with Crippen LogP contribution in [0.2, 0.25) is 5.02 Å². The van der Waals surface area contributed by atoms with E-state index in [1.165, 1.54) is 17.8 Å². The number of allylic oxidation sites excluding steroid dienone is 3. The van der Waals surface area contributed by atoms with Crippen LogP contribution in [0.1, 0.15) is 63.5 Å². The molecule has 1 saturated heterocycles. The fourth-order valence-corrected chi connectivity index (χ4v) is 7.53. The SMILES string of the molecule is CC(F)CC1=C(C2=C3C[C@H](NCCC4CCC(=O)CC4)CN3C(C3NC=CS3)=N[C@H]2c2ccc(F)cc2Cl)C=C1. The summed E-state index contributed by atoms with van der Waals surface area (Å²) >= 11 is 8.31. The van der Waals surface area contributed by atoms with Crippen molar-refractivity contribution >= 4 is 35.0 Å². The number of fused-ring (bicyclic) bond motifs is 1. The first kappa shape index (κ1) is 27.7. The van der Waals surface area contributed by atoms with Crippen LogP contribution in [0.4, 0.5) is 8.78 Å². The summed E-state index contributed by atoms with van der Waals surface area (Å²) in [6.07, 6.45) is 10.7. The van der Waals surface area contributed by atoms with E-state index in [1.54, 1.807) is 24.8 Å². The van der Waals surface area contributed by atoms with Crippen LogP contribution >= 0.6 is 23.4 Å². The molecule has 5 nitrogen and oxygen atoms in total. The second-order valence-electron chi connectivity index (χ2n) is 11.4. The number of hydrogen-bond acceptors (Lipinski definition) is 6. The van der Waals surface area contributed by atoms with Crippen LogP contribution in [0, 0.1) is 11.7 Å². The van der Waals surface area contributed by atoms with Gasteiger partial charge in [-0.25, -0.2) is 8.78 Å². The number of alkyl halides is 1. The third-order valence-electron chi connectivity index (χ3n) is 8.55. The van der Waals surface area contributed by atoms with Crippen molar-refractivity contribution in [1.82, 2.24) is 15.5 Å². The van der Waals surface area contributed by atoms with Crippen molar-refractivity contribution in [3.63, 3.8) is 0 Å². The molecule has 40 heavy (non-hydrogen) atoms. The number of nitrogens with one attached hydrogen (secondary N) is 2. The second-order valence-corrected chi connectivity index (χ2v) is 12.8. The van der Waals surface area contributed by atoms with Gasteiger partial charge in [-0.3, -0.25) is 9.79 Å². The minimum Gasteiger partial charge on any atom is -0.372 e. The number of nitrogens with zero attached hydrogens (tertiary/aromatic N) is 2. The maximum atomic E-state index is 14.1. The molecule has 2 N–H and O–H groups in total.